The Morgan fingerprint density at radius 1 is 1.02 bits per heavy atom. The first-order chi connectivity index (χ1) is 20.9. The van der Waals surface area contributed by atoms with Gasteiger partial charge in [0.25, 0.3) is 0 Å². The molecule has 9 aliphatic rings. The third-order valence-electron chi connectivity index (χ3n) is 13.7. The van der Waals surface area contributed by atoms with Crippen molar-refractivity contribution < 1.29 is 33.4 Å². The Hall–Kier alpha value is -1.49. The SMILES string of the molecule is CC1CCC2C(C)C(CC(=O)NCC(B3OC4C[C@@H]5C[C@@H](C5(C)C)[C@]4(C)O3)c3ccccc3)OC3OC4(C)CCC1C32OO4. The van der Waals surface area contributed by atoms with Crippen molar-refractivity contribution in [2.24, 2.45) is 40.9 Å². The van der Waals surface area contributed by atoms with Gasteiger partial charge in [-0.3, -0.25) is 4.79 Å². The van der Waals surface area contributed by atoms with Crippen LogP contribution in [0.3, 0.4) is 0 Å². The normalized spacial score (nSPS) is 48.9. The van der Waals surface area contributed by atoms with Gasteiger partial charge < -0.3 is 24.1 Å². The van der Waals surface area contributed by atoms with E-state index in [9.17, 15) is 4.79 Å². The van der Waals surface area contributed by atoms with Gasteiger partial charge in [0.1, 0.15) is 0 Å². The van der Waals surface area contributed by atoms with Crippen LogP contribution in [0, 0.1) is 40.9 Å². The molecule has 4 bridgehead atoms. The van der Waals surface area contributed by atoms with Crippen LogP contribution in [-0.4, -0.2) is 55.1 Å². The summed E-state index contributed by atoms with van der Waals surface area (Å²) in [5, 5.41) is 3.27. The highest BCUT2D eigenvalue weighted by molar-refractivity contribution is 6.47. The highest BCUT2D eigenvalue weighted by Crippen LogP contribution is 2.66. The van der Waals surface area contributed by atoms with Gasteiger partial charge in [-0.05, 0) is 86.5 Å². The lowest BCUT2D eigenvalue weighted by Gasteiger charge is -2.64. The molecule has 13 atom stereocenters. The van der Waals surface area contributed by atoms with E-state index in [0.29, 0.717) is 30.2 Å². The zero-order valence-electron chi connectivity index (χ0n) is 27.3. The molecule has 5 saturated heterocycles. The van der Waals surface area contributed by atoms with Crippen molar-refractivity contribution in [2.45, 2.75) is 128 Å². The van der Waals surface area contributed by atoms with E-state index >= 15 is 0 Å². The summed E-state index contributed by atoms with van der Waals surface area (Å²) in [6.07, 6.45) is 5.77. The molecule has 1 spiro atoms. The van der Waals surface area contributed by atoms with E-state index in [1.165, 1.54) is 6.42 Å². The van der Waals surface area contributed by atoms with E-state index in [2.05, 4.69) is 52.1 Å². The van der Waals surface area contributed by atoms with Gasteiger partial charge in [0.15, 0.2) is 11.9 Å². The van der Waals surface area contributed by atoms with Crippen molar-refractivity contribution in [2.75, 3.05) is 6.54 Å². The molecule has 240 valence electrons. The average Bonchev–Trinajstić information content (AvgIpc) is 3.19. The topological polar surface area (TPSA) is 84.5 Å². The summed E-state index contributed by atoms with van der Waals surface area (Å²) in [6, 6.07) is 10.4. The van der Waals surface area contributed by atoms with Gasteiger partial charge in [-0.2, -0.15) is 0 Å². The highest BCUT2D eigenvalue weighted by Gasteiger charge is 2.70. The Balaban J connectivity index is 0.975. The number of hydrogen-bond donors (Lipinski definition) is 1. The van der Waals surface area contributed by atoms with Crippen molar-refractivity contribution in [1.82, 2.24) is 5.32 Å². The quantitative estimate of drug-likeness (QED) is 0.324. The molecule has 4 saturated carbocycles. The van der Waals surface area contributed by atoms with Crippen molar-refractivity contribution in [3.05, 3.63) is 35.9 Å². The zero-order valence-corrected chi connectivity index (χ0v) is 27.3. The van der Waals surface area contributed by atoms with Gasteiger partial charge in [-0.15, -0.1) is 0 Å². The first-order valence-electron chi connectivity index (χ1n) is 17.3. The van der Waals surface area contributed by atoms with Crippen LogP contribution < -0.4 is 5.32 Å². The Labute approximate surface area is 262 Å². The molecule has 44 heavy (non-hydrogen) atoms. The smallest absolute Gasteiger partial charge is 0.405 e. The van der Waals surface area contributed by atoms with Crippen LogP contribution in [0.2, 0.25) is 0 Å². The third kappa shape index (κ3) is 4.28. The second kappa shape index (κ2) is 10.3. The predicted octanol–water partition coefficient (Wildman–Crippen LogP) is 5.79. The van der Waals surface area contributed by atoms with E-state index in [-0.39, 0.29) is 53.2 Å². The molecule has 0 aromatic heterocycles. The third-order valence-corrected chi connectivity index (χ3v) is 13.7. The zero-order chi connectivity index (χ0) is 30.6. The Morgan fingerprint density at radius 2 is 1.82 bits per heavy atom. The summed E-state index contributed by atoms with van der Waals surface area (Å²) in [7, 11) is -0.401. The van der Waals surface area contributed by atoms with E-state index in [1.807, 2.05) is 25.1 Å². The minimum Gasteiger partial charge on any atom is -0.405 e. The maximum Gasteiger partial charge on any atom is 0.467 e. The number of carbonyl (C=O) groups is 1. The average molecular weight is 608 g/mol. The molecule has 1 aromatic rings. The molecule has 10 rings (SSSR count). The summed E-state index contributed by atoms with van der Waals surface area (Å²) in [5.41, 5.74) is 0.488. The Bertz CT molecular complexity index is 1280. The first kappa shape index (κ1) is 29.9. The fourth-order valence-electron chi connectivity index (χ4n) is 10.8. The molecule has 1 amide bonds. The molecule has 4 aliphatic carbocycles. The lowest BCUT2D eigenvalue weighted by molar-refractivity contribution is -0.570. The number of benzene rings is 1. The number of hydrogen-bond acceptors (Lipinski definition) is 7. The summed E-state index contributed by atoms with van der Waals surface area (Å²) in [5.74, 6) is 1.39. The summed E-state index contributed by atoms with van der Waals surface area (Å²) in [6.45, 7) is 13.9. The standard InChI is InChI=1S/C35H50BNO7/c1-20-12-13-25-21(2)27(39-31-35(25)24(20)14-15-33(5,40-31)43-44-35)18-30(38)37-19-26(22-10-8-7-9-11-22)36-41-29-17-23-16-28(32(23,3)4)34(29,6)42-36/h7-11,20-21,23-29,31H,12-19H2,1-6H3,(H,37,38)/t20?,21?,23-,24?,25?,26?,27?,28-,29?,31?,33?,34-,35?/m0/s1. The van der Waals surface area contributed by atoms with Crippen LogP contribution >= 0.6 is 0 Å². The molecule has 9 heteroatoms. The maximum absolute atomic E-state index is 13.7. The number of fused-ring (bicyclic) bond motifs is 2. The first-order valence-corrected chi connectivity index (χ1v) is 17.3. The van der Waals surface area contributed by atoms with E-state index in [0.717, 1.165) is 37.7 Å². The number of carbonyl (C=O) groups excluding carboxylic acids is 1. The van der Waals surface area contributed by atoms with Crippen LogP contribution in [0.15, 0.2) is 30.3 Å². The molecule has 0 radical (unpaired) electrons. The lowest BCUT2D eigenvalue weighted by Crippen LogP contribution is -2.70. The second-order valence-corrected chi connectivity index (χ2v) is 16.3. The van der Waals surface area contributed by atoms with Crippen LogP contribution in [0.4, 0.5) is 0 Å². The van der Waals surface area contributed by atoms with Crippen LogP contribution in [0.1, 0.15) is 97.9 Å². The minimum absolute atomic E-state index is 0.0216. The van der Waals surface area contributed by atoms with Crippen LogP contribution in [-0.2, 0) is 33.4 Å². The number of nitrogens with one attached hydrogen (secondary N) is 1. The molecule has 5 aliphatic heterocycles. The minimum atomic E-state index is -0.821. The van der Waals surface area contributed by atoms with E-state index in [1.54, 1.807) is 0 Å². The van der Waals surface area contributed by atoms with Crippen molar-refractivity contribution >= 4 is 13.0 Å². The number of rotatable bonds is 6. The van der Waals surface area contributed by atoms with Gasteiger partial charge in [-0.1, -0.05) is 58.0 Å². The molecule has 8 nitrogen and oxygen atoms in total. The molecule has 5 heterocycles. The Kier molecular flexibility index (Phi) is 6.97. The van der Waals surface area contributed by atoms with Gasteiger partial charge >= 0.3 is 7.12 Å². The molecular weight excluding hydrogens is 557 g/mol. The molecule has 1 N–H and O–H groups in total. The van der Waals surface area contributed by atoms with E-state index < -0.39 is 24.8 Å². The Morgan fingerprint density at radius 3 is 2.59 bits per heavy atom. The van der Waals surface area contributed by atoms with Crippen LogP contribution in [0.5, 0.6) is 0 Å². The highest BCUT2D eigenvalue weighted by atomic mass is 17.3. The summed E-state index contributed by atoms with van der Waals surface area (Å²) >= 11 is 0. The van der Waals surface area contributed by atoms with Gasteiger partial charge in [0, 0.05) is 24.7 Å². The van der Waals surface area contributed by atoms with Gasteiger partial charge in [-0.25, -0.2) is 9.78 Å². The maximum atomic E-state index is 13.7. The monoisotopic (exact) mass is 607 g/mol. The molecule has 1 aromatic carbocycles. The van der Waals surface area contributed by atoms with Crippen molar-refractivity contribution in [3.63, 3.8) is 0 Å². The largest absolute Gasteiger partial charge is 0.467 e. The summed E-state index contributed by atoms with van der Waals surface area (Å²) < 4.78 is 26.8. The van der Waals surface area contributed by atoms with Crippen molar-refractivity contribution in [1.29, 1.82) is 0 Å². The fraction of sp³-hybridized carbons (Fsp3) is 0.800. The predicted molar refractivity (Wildman–Crippen MR) is 164 cm³/mol. The lowest BCUT2D eigenvalue weighted by atomic mass is 9.43. The van der Waals surface area contributed by atoms with E-state index in [4.69, 9.17) is 28.6 Å². The number of amides is 1. The molecular formula is C35H50BNO7. The number of ether oxygens (including phenoxy) is 2. The van der Waals surface area contributed by atoms with Gasteiger partial charge in [0.2, 0.25) is 11.7 Å². The van der Waals surface area contributed by atoms with Crippen LogP contribution in [0.25, 0.3) is 0 Å². The molecule has 9 fully saturated rings. The van der Waals surface area contributed by atoms with Crippen molar-refractivity contribution in [3.8, 4) is 0 Å². The second-order valence-electron chi connectivity index (χ2n) is 16.3. The van der Waals surface area contributed by atoms with Gasteiger partial charge in [0.05, 0.1) is 24.2 Å². The summed E-state index contributed by atoms with van der Waals surface area (Å²) in [4.78, 5) is 25.9. The molecule has 10 unspecified atom stereocenters. The fourth-order valence-corrected chi connectivity index (χ4v) is 10.8.